The summed E-state index contributed by atoms with van der Waals surface area (Å²) in [4.78, 5) is 12.8. The lowest BCUT2D eigenvalue weighted by molar-refractivity contribution is 0.198. The highest BCUT2D eigenvalue weighted by Gasteiger charge is 2.30. The molecule has 2 amide bonds. The summed E-state index contributed by atoms with van der Waals surface area (Å²) in [6, 6.07) is 0.126. The lowest BCUT2D eigenvalue weighted by Crippen LogP contribution is -2.43. The monoisotopic (exact) mass is 371 g/mol. The third kappa shape index (κ3) is 6.37. The van der Waals surface area contributed by atoms with Crippen molar-refractivity contribution in [1.82, 2.24) is 10.3 Å². The molecule has 27 heavy (non-hydrogen) atoms. The van der Waals surface area contributed by atoms with Crippen LogP contribution in [0.3, 0.4) is 0 Å². The molecule has 2 aliphatic rings. The minimum atomic E-state index is -0.0398. The second kappa shape index (κ2) is 11.1. The van der Waals surface area contributed by atoms with E-state index in [0.29, 0.717) is 12.5 Å². The standard InChI is InChI=1S/C23H37N3O/c1-5-7-9-11-14-20-17-26(25-22(20)15-10-8-6-2)23(27)24-21-16-12-13-18(3)19(21)4/h5,7,9,11,20-21H,6,8,10,12-17H2,1-4H3,(H,24,27)/b7-5-,11-9-. The van der Waals surface area contributed by atoms with Crippen LogP contribution < -0.4 is 5.32 Å². The van der Waals surface area contributed by atoms with E-state index in [2.05, 4.69) is 38.2 Å². The van der Waals surface area contributed by atoms with Crippen LogP contribution in [-0.2, 0) is 0 Å². The van der Waals surface area contributed by atoms with Gasteiger partial charge in [0.05, 0.1) is 12.6 Å². The van der Waals surface area contributed by atoms with Crippen molar-refractivity contribution < 1.29 is 4.79 Å². The molecule has 0 aromatic rings. The van der Waals surface area contributed by atoms with Gasteiger partial charge in [-0.25, -0.2) is 9.80 Å². The van der Waals surface area contributed by atoms with Crippen molar-refractivity contribution in [2.45, 2.75) is 85.1 Å². The van der Waals surface area contributed by atoms with E-state index in [1.807, 2.05) is 19.1 Å². The number of carbonyl (C=O) groups is 1. The molecule has 0 radical (unpaired) electrons. The first-order chi connectivity index (χ1) is 13.1. The summed E-state index contributed by atoms with van der Waals surface area (Å²) in [6.07, 6.45) is 17.2. The zero-order chi connectivity index (χ0) is 19.6. The van der Waals surface area contributed by atoms with Crippen LogP contribution in [-0.4, -0.2) is 29.3 Å². The Morgan fingerprint density at radius 2 is 2.11 bits per heavy atom. The Labute approximate surface area is 165 Å². The Kier molecular flexibility index (Phi) is 8.83. The van der Waals surface area contributed by atoms with Crippen molar-refractivity contribution >= 4 is 11.7 Å². The molecule has 0 aromatic carbocycles. The molecule has 1 heterocycles. The van der Waals surface area contributed by atoms with Gasteiger partial charge in [-0.3, -0.25) is 0 Å². The van der Waals surface area contributed by atoms with Crippen molar-refractivity contribution in [2.24, 2.45) is 11.0 Å². The molecular weight excluding hydrogens is 334 g/mol. The maximum atomic E-state index is 12.8. The number of allylic oxidation sites excluding steroid dienone is 5. The van der Waals surface area contributed by atoms with Crippen LogP contribution >= 0.6 is 0 Å². The summed E-state index contributed by atoms with van der Waals surface area (Å²) in [5.74, 6) is 0.346. The average Bonchev–Trinajstić information content (AvgIpc) is 3.06. The third-order valence-corrected chi connectivity index (χ3v) is 5.78. The zero-order valence-electron chi connectivity index (χ0n) is 17.6. The van der Waals surface area contributed by atoms with E-state index in [0.717, 1.165) is 38.5 Å². The first-order valence-electron chi connectivity index (χ1n) is 10.7. The zero-order valence-corrected chi connectivity index (χ0v) is 17.6. The first kappa shape index (κ1) is 21.5. The van der Waals surface area contributed by atoms with Crippen LogP contribution in [0.25, 0.3) is 0 Å². The Balaban J connectivity index is 2.00. The van der Waals surface area contributed by atoms with Crippen molar-refractivity contribution in [3.05, 3.63) is 35.5 Å². The highest BCUT2D eigenvalue weighted by Crippen LogP contribution is 2.26. The molecule has 0 aromatic heterocycles. The molecule has 1 aliphatic carbocycles. The number of amides is 2. The lowest BCUT2D eigenvalue weighted by Gasteiger charge is -2.27. The first-order valence-corrected chi connectivity index (χ1v) is 10.7. The molecule has 150 valence electrons. The molecule has 4 nitrogen and oxygen atoms in total. The van der Waals surface area contributed by atoms with Crippen molar-refractivity contribution in [3.8, 4) is 0 Å². The fourth-order valence-corrected chi connectivity index (χ4v) is 3.86. The number of hydrazone groups is 1. The van der Waals surface area contributed by atoms with Crippen LogP contribution in [0.15, 0.2) is 40.6 Å². The SMILES string of the molecule is C/C=C\C=C/CC1CN(C(=O)NC2CCCC(C)=C2C)N=C1CCCCC. The number of hydrogen-bond donors (Lipinski definition) is 1. The molecule has 0 saturated heterocycles. The Hall–Kier alpha value is -1.84. The van der Waals surface area contributed by atoms with Crippen LogP contribution in [0.5, 0.6) is 0 Å². The van der Waals surface area contributed by atoms with Crippen LogP contribution in [0, 0.1) is 5.92 Å². The van der Waals surface area contributed by atoms with Crippen LogP contribution in [0.1, 0.15) is 79.1 Å². The predicted molar refractivity (Wildman–Crippen MR) is 115 cm³/mol. The van der Waals surface area contributed by atoms with Gasteiger partial charge in [0, 0.05) is 11.6 Å². The average molecular weight is 372 g/mol. The topological polar surface area (TPSA) is 44.7 Å². The fourth-order valence-electron chi connectivity index (χ4n) is 3.86. The molecule has 0 bridgehead atoms. The van der Waals surface area contributed by atoms with E-state index in [4.69, 9.17) is 5.10 Å². The summed E-state index contributed by atoms with van der Waals surface area (Å²) in [7, 11) is 0. The van der Waals surface area contributed by atoms with Gasteiger partial charge in [0.25, 0.3) is 0 Å². The van der Waals surface area contributed by atoms with Gasteiger partial charge in [0.1, 0.15) is 0 Å². The maximum Gasteiger partial charge on any atom is 0.338 e. The molecule has 2 unspecified atom stereocenters. The highest BCUT2D eigenvalue weighted by atomic mass is 16.2. The molecule has 2 atom stereocenters. The molecule has 0 saturated carbocycles. The van der Waals surface area contributed by atoms with Crippen LogP contribution in [0.2, 0.25) is 0 Å². The van der Waals surface area contributed by atoms with Gasteiger partial charge in [0.15, 0.2) is 0 Å². The quantitative estimate of drug-likeness (QED) is 0.318. The summed E-state index contributed by atoms with van der Waals surface area (Å²) in [5.41, 5.74) is 3.94. The minimum absolute atomic E-state index is 0.0398. The van der Waals surface area contributed by atoms with E-state index in [-0.39, 0.29) is 12.1 Å². The van der Waals surface area contributed by atoms with E-state index in [1.54, 1.807) is 5.01 Å². The highest BCUT2D eigenvalue weighted by molar-refractivity contribution is 5.91. The summed E-state index contributed by atoms with van der Waals surface area (Å²) in [5, 5.41) is 9.61. The van der Waals surface area contributed by atoms with E-state index in [9.17, 15) is 4.79 Å². The van der Waals surface area contributed by atoms with Crippen molar-refractivity contribution in [1.29, 1.82) is 0 Å². The van der Waals surface area contributed by atoms with E-state index >= 15 is 0 Å². The molecule has 0 spiro atoms. The summed E-state index contributed by atoms with van der Waals surface area (Å²) in [6.45, 7) is 9.27. The molecule has 1 aliphatic heterocycles. The normalized spacial score (nSPS) is 23.6. The van der Waals surface area contributed by atoms with Gasteiger partial charge in [-0.05, 0) is 59.3 Å². The number of unbranched alkanes of at least 4 members (excludes halogenated alkanes) is 2. The fraction of sp³-hybridized carbons (Fsp3) is 0.652. The number of nitrogens with zero attached hydrogens (tertiary/aromatic N) is 2. The Morgan fingerprint density at radius 1 is 1.30 bits per heavy atom. The largest absolute Gasteiger partial charge is 0.338 e. The molecule has 2 rings (SSSR count). The van der Waals surface area contributed by atoms with E-state index in [1.165, 1.54) is 29.7 Å². The number of nitrogens with one attached hydrogen (secondary N) is 1. The number of urea groups is 1. The third-order valence-electron chi connectivity index (χ3n) is 5.78. The maximum absolute atomic E-state index is 12.8. The van der Waals surface area contributed by atoms with Gasteiger partial charge in [0.2, 0.25) is 0 Å². The van der Waals surface area contributed by atoms with Crippen molar-refractivity contribution in [2.75, 3.05) is 6.54 Å². The van der Waals surface area contributed by atoms with E-state index < -0.39 is 0 Å². The van der Waals surface area contributed by atoms with Crippen molar-refractivity contribution in [3.63, 3.8) is 0 Å². The second-order valence-electron chi connectivity index (χ2n) is 7.87. The van der Waals surface area contributed by atoms with Gasteiger partial charge in [-0.1, -0.05) is 55.2 Å². The van der Waals surface area contributed by atoms with Gasteiger partial charge < -0.3 is 5.32 Å². The molecular formula is C23H37N3O. The second-order valence-corrected chi connectivity index (χ2v) is 7.87. The predicted octanol–water partition coefficient (Wildman–Crippen LogP) is 5.98. The van der Waals surface area contributed by atoms with Gasteiger partial charge >= 0.3 is 6.03 Å². The Morgan fingerprint density at radius 3 is 2.85 bits per heavy atom. The molecule has 0 fully saturated rings. The lowest BCUT2D eigenvalue weighted by atomic mass is 9.89. The molecule has 1 N–H and O–H groups in total. The molecule has 4 heteroatoms. The van der Waals surface area contributed by atoms with Crippen LogP contribution in [0.4, 0.5) is 4.79 Å². The number of carbonyl (C=O) groups excluding carboxylic acids is 1. The summed E-state index contributed by atoms with van der Waals surface area (Å²) >= 11 is 0. The minimum Gasteiger partial charge on any atom is -0.330 e. The smallest absolute Gasteiger partial charge is 0.330 e. The Bertz CT molecular complexity index is 615. The number of rotatable bonds is 8. The summed E-state index contributed by atoms with van der Waals surface area (Å²) < 4.78 is 0. The van der Waals surface area contributed by atoms with Gasteiger partial charge in [-0.2, -0.15) is 5.10 Å². The number of hydrogen-bond acceptors (Lipinski definition) is 2. The van der Waals surface area contributed by atoms with Gasteiger partial charge in [-0.15, -0.1) is 0 Å².